The van der Waals surface area contributed by atoms with E-state index in [2.05, 4.69) is 43.3 Å². The fourth-order valence-electron chi connectivity index (χ4n) is 7.65. The number of hydrogen-bond donors (Lipinski definition) is 2. The zero-order chi connectivity index (χ0) is 23.8. The van der Waals surface area contributed by atoms with Gasteiger partial charge < -0.3 is 19.7 Å². The second-order valence-electron chi connectivity index (χ2n) is 11.0. The van der Waals surface area contributed by atoms with E-state index in [-0.39, 0.29) is 12.0 Å². The summed E-state index contributed by atoms with van der Waals surface area (Å²) in [4.78, 5) is 0. The van der Waals surface area contributed by atoms with Crippen LogP contribution in [0.15, 0.2) is 42.5 Å². The van der Waals surface area contributed by atoms with E-state index in [9.17, 15) is 10.2 Å². The molecule has 0 unspecified atom stereocenters. The third kappa shape index (κ3) is 4.08. The standard InChI is InChI=1S/C30H40O4/c1-3-33-20-34-24-9-11-25-22(18-24)8-10-27-26(25)12-15-29(2)28(27)13-16-30(29,32)19-23-7-5-4-6-21(23)14-17-31/h4-7,9,11,18,26-28,31-32H,3,8,10,12-17,19-20H2,1-2H3/t26-,27-,28+,29+,30-/m1/s1. The van der Waals surface area contributed by atoms with Crippen LogP contribution in [0.1, 0.15) is 74.1 Å². The summed E-state index contributed by atoms with van der Waals surface area (Å²) in [6, 6.07) is 15.0. The van der Waals surface area contributed by atoms with Gasteiger partial charge in [-0.05, 0) is 109 Å². The summed E-state index contributed by atoms with van der Waals surface area (Å²) in [5.41, 5.74) is 4.59. The highest BCUT2D eigenvalue weighted by Crippen LogP contribution is 2.65. The van der Waals surface area contributed by atoms with Gasteiger partial charge >= 0.3 is 0 Å². The molecule has 0 heterocycles. The second-order valence-corrected chi connectivity index (χ2v) is 11.0. The van der Waals surface area contributed by atoms with E-state index in [4.69, 9.17) is 9.47 Å². The van der Waals surface area contributed by atoms with Crippen LogP contribution in [0.5, 0.6) is 5.75 Å². The Balaban J connectivity index is 1.36. The first-order chi connectivity index (χ1) is 16.5. The normalized spacial score (nSPS) is 32.1. The molecule has 184 valence electrons. The molecule has 5 rings (SSSR count). The van der Waals surface area contributed by atoms with Crippen molar-refractivity contribution < 1.29 is 19.7 Å². The molecule has 2 N–H and O–H groups in total. The van der Waals surface area contributed by atoms with Crippen molar-refractivity contribution in [1.82, 2.24) is 0 Å². The quantitative estimate of drug-likeness (QED) is 0.404. The lowest BCUT2D eigenvalue weighted by Crippen LogP contribution is -2.52. The fraction of sp³-hybridized carbons (Fsp3) is 0.600. The fourth-order valence-corrected chi connectivity index (χ4v) is 7.65. The van der Waals surface area contributed by atoms with Gasteiger partial charge in [0, 0.05) is 19.6 Å². The minimum Gasteiger partial charge on any atom is -0.468 e. The molecule has 0 radical (unpaired) electrons. The Hall–Kier alpha value is -1.88. The van der Waals surface area contributed by atoms with Crippen molar-refractivity contribution in [3.63, 3.8) is 0 Å². The van der Waals surface area contributed by atoms with Gasteiger partial charge in [0.2, 0.25) is 0 Å². The average molecular weight is 465 g/mol. The summed E-state index contributed by atoms with van der Waals surface area (Å²) < 4.78 is 11.1. The summed E-state index contributed by atoms with van der Waals surface area (Å²) in [5.74, 6) is 2.70. The lowest BCUT2D eigenvalue weighted by molar-refractivity contribution is -0.102. The molecule has 0 aromatic heterocycles. The molecule has 4 heteroatoms. The second kappa shape index (κ2) is 9.64. The van der Waals surface area contributed by atoms with Gasteiger partial charge in [-0.3, -0.25) is 0 Å². The van der Waals surface area contributed by atoms with Crippen molar-refractivity contribution in [2.75, 3.05) is 20.0 Å². The third-order valence-corrected chi connectivity index (χ3v) is 9.52. The molecule has 2 aromatic rings. The molecular formula is C30H40O4. The molecule has 34 heavy (non-hydrogen) atoms. The van der Waals surface area contributed by atoms with Gasteiger partial charge in [-0.2, -0.15) is 0 Å². The van der Waals surface area contributed by atoms with Crippen LogP contribution in [0, 0.1) is 17.3 Å². The Morgan fingerprint density at radius 2 is 1.85 bits per heavy atom. The monoisotopic (exact) mass is 464 g/mol. The number of aliphatic hydroxyl groups excluding tert-OH is 1. The van der Waals surface area contributed by atoms with Gasteiger partial charge in [0.05, 0.1) is 5.60 Å². The van der Waals surface area contributed by atoms with Gasteiger partial charge in [0.15, 0.2) is 6.79 Å². The molecule has 5 atom stereocenters. The van der Waals surface area contributed by atoms with E-state index in [1.54, 1.807) is 0 Å². The van der Waals surface area contributed by atoms with Crippen LogP contribution in [-0.4, -0.2) is 35.8 Å². The van der Waals surface area contributed by atoms with E-state index < -0.39 is 5.60 Å². The van der Waals surface area contributed by atoms with Gasteiger partial charge in [-0.1, -0.05) is 37.3 Å². The predicted octanol–water partition coefficient (Wildman–Crippen LogP) is 5.42. The first-order valence-corrected chi connectivity index (χ1v) is 13.2. The molecule has 4 nitrogen and oxygen atoms in total. The predicted molar refractivity (Wildman–Crippen MR) is 134 cm³/mol. The lowest BCUT2D eigenvalue weighted by Gasteiger charge is -2.53. The van der Waals surface area contributed by atoms with E-state index >= 15 is 0 Å². The maximum atomic E-state index is 12.1. The highest BCUT2D eigenvalue weighted by molar-refractivity contribution is 5.41. The zero-order valence-electron chi connectivity index (χ0n) is 20.8. The smallest absolute Gasteiger partial charge is 0.189 e. The van der Waals surface area contributed by atoms with Crippen LogP contribution >= 0.6 is 0 Å². The number of aryl methyl sites for hydroxylation is 1. The largest absolute Gasteiger partial charge is 0.468 e. The van der Waals surface area contributed by atoms with Crippen molar-refractivity contribution in [1.29, 1.82) is 0 Å². The van der Waals surface area contributed by atoms with Gasteiger partial charge in [0.1, 0.15) is 5.75 Å². The minimum atomic E-state index is -0.675. The van der Waals surface area contributed by atoms with E-state index in [1.807, 2.05) is 13.0 Å². The molecular weight excluding hydrogens is 424 g/mol. The van der Waals surface area contributed by atoms with Crippen molar-refractivity contribution in [2.45, 2.75) is 76.7 Å². The van der Waals surface area contributed by atoms with Crippen molar-refractivity contribution in [3.8, 4) is 5.75 Å². The Labute approximate surface area is 204 Å². The Morgan fingerprint density at radius 3 is 2.65 bits per heavy atom. The topological polar surface area (TPSA) is 58.9 Å². The summed E-state index contributed by atoms with van der Waals surface area (Å²) in [6.45, 7) is 5.47. The highest BCUT2D eigenvalue weighted by Gasteiger charge is 2.61. The molecule has 0 amide bonds. The summed E-state index contributed by atoms with van der Waals surface area (Å²) in [6.07, 6.45) is 7.85. The third-order valence-electron chi connectivity index (χ3n) is 9.52. The van der Waals surface area contributed by atoms with Gasteiger partial charge in [-0.15, -0.1) is 0 Å². The van der Waals surface area contributed by atoms with Crippen molar-refractivity contribution in [3.05, 3.63) is 64.7 Å². The molecule has 0 bridgehead atoms. The SMILES string of the molecule is CCOCOc1ccc2c(c1)CC[C@@H]1[C@@H]2CC[C@@]2(C)[C@H]1CC[C@@]2(O)Cc1ccccc1CCO. The molecule has 0 spiro atoms. The summed E-state index contributed by atoms with van der Waals surface area (Å²) >= 11 is 0. The number of fused-ring (bicyclic) bond motifs is 5. The highest BCUT2D eigenvalue weighted by atomic mass is 16.7. The number of aliphatic hydroxyl groups is 2. The first-order valence-electron chi connectivity index (χ1n) is 13.2. The first kappa shape index (κ1) is 23.8. The van der Waals surface area contributed by atoms with Crippen LogP contribution in [0.25, 0.3) is 0 Å². The van der Waals surface area contributed by atoms with Crippen LogP contribution in [0.4, 0.5) is 0 Å². The van der Waals surface area contributed by atoms with Gasteiger partial charge in [-0.25, -0.2) is 0 Å². The molecule has 0 saturated heterocycles. The molecule has 3 aliphatic rings. The van der Waals surface area contributed by atoms with E-state index in [0.717, 1.165) is 37.9 Å². The van der Waals surface area contributed by atoms with Crippen LogP contribution in [0.2, 0.25) is 0 Å². The molecule has 3 aliphatic carbocycles. The van der Waals surface area contributed by atoms with Crippen LogP contribution < -0.4 is 4.74 Å². The molecule has 2 saturated carbocycles. The van der Waals surface area contributed by atoms with Crippen LogP contribution in [-0.2, 0) is 24.0 Å². The molecule has 0 aliphatic heterocycles. The van der Waals surface area contributed by atoms with E-state index in [0.29, 0.717) is 44.0 Å². The van der Waals surface area contributed by atoms with Gasteiger partial charge in [0.25, 0.3) is 0 Å². The Kier molecular flexibility index (Phi) is 6.76. The number of benzene rings is 2. The Morgan fingerprint density at radius 1 is 1.03 bits per heavy atom. The zero-order valence-corrected chi connectivity index (χ0v) is 20.8. The maximum absolute atomic E-state index is 12.1. The van der Waals surface area contributed by atoms with Crippen molar-refractivity contribution in [2.24, 2.45) is 17.3 Å². The summed E-state index contributed by atoms with van der Waals surface area (Å²) in [5, 5.41) is 21.6. The number of rotatable bonds is 8. The minimum absolute atomic E-state index is 0.0570. The van der Waals surface area contributed by atoms with Crippen molar-refractivity contribution >= 4 is 0 Å². The maximum Gasteiger partial charge on any atom is 0.189 e. The molecule has 2 aromatic carbocycles. The average Bonchev–Trinajstić information content (AvgIpc) is 3.11. The number of hydrogen-bond acceptors (Lipinski definition) is 4. The lowest BCUT2D eigenvalue weighted by atomic mass is 9.52. The van der Waals surface area contributed by atoms with E-state index in [1.165, 1.54) is 28.7 Å². The van der Waals surface area contributed by atoms with Crippen LogP contribution in [0.3, 0.4) is 0 Å². The molecule has 2 fully saturated rings. The number of ether oxygens (including phenoxy) is 2. The summed E-state index contributed by atoms with van der Waals surface area (Å²) in [7, 11) is 0. The Bertz CT molecular complexity index is 1000.